The molecule has 0 aromatic rings. The number of esters is 1. The number of hydrogen-bond donors (Lipinski definition) is 1. The zero-order chi connectivity index (χ0) is 12.9. The lowest BCUT2D eigenvalue weighted by atomic mass is 10.0. The van der Waals surface area contributed by atoms with Crippen LogP contribution in [0.4, 0.5) is 0 Å². The lowest BCUT2D eigenvalue weighted by Crippen LogP contribution is -2.56. The van der Waals surface area contributed by atoms with Gasteiger partial charge in [-0.2, -0.15) is 0 Å². The maximum Gasteiger partial charge on any atom is 0.327 e. The third-order valence-corrected chi connectivity index (χ3v) is 3.48. The molecule has 1 saturated carbocycles. The van der Waals surface area contributed by atoms with Crippen molar-refractivity contribution in [1.82, 2.24) is 10.2 Å². The van der Waals surface area contributed by atoms with E-state index in [1.54, 1.807) is 0 Å². The van der Waals surface area contributed by atoms with Crippen LogP contribution in [0.15, 0.2) is 0 Å². The van der Waals surface area contributed by atoms with Crippen molar-refractivity contribution in [1.29, 1.82) is 0 Å². The van der Waals surface area contributed by atoms with Crippen LogP contribution < -0.4 is 5.32 Å². The zero-order valence-electron chi connectivity index (χ0n) is 11.6. The Morgan fingerprint density at radius 3 is 2.59 bits per heavy atom. The van der Waals surface area contributed by atoms with Crippen LogP contribution in [0, 0.1) is 5.92 Å². The quantitative estimate of drug-likeness (QED) is 0.651. The van der Waals surface area contributed by atoms with Crippen molar-refractivity contribution in [3.05, 3.63) is 0 Å². The minimum atomic E-state index is -0.598. The molecule has 0 aromatic heterocycles. The van der Waals surface area contributed by atoms with E-state index in [1.165, 1.54) is 20.0 Å². The van der Waals surface area contributed by atoms with Crippen LogP contribution in [-0.4, -0.2) is 50.2 Å². The summed E-state index contributed by atoms with van der Waals surface area (Å²) in [4.78, 5) is 14.2. The zero-order valence-corrected chi connectivity index (χ0v) is 11.6. The van der Waals surface area contributed by atoms with E-state index in [9.17, 15) is 4.79 Å². The monoisotopic (exact) mass is 242 g/mol. The third-order valence-electron chi connectivity index (χ3n) is 3.48. The number of rotatable bonds is 8. The predicted molar refractivity (Wildman–Crippen MR) is 68.9 cm³/mol. The van der Waals surface area contributed by atoms with Gasteiger partial charge in [0.25, 0.3) is 0 Å². The molecule has 1 rings (SSSR count). The first-order valence-corrected chi connectivity index (χ1v) is 6.55. The molecule has 0 aliphatic heterocycles. The Morgan fingerprint density at radius 2 is 2.18 bits per heavy atom. The molecule has 0 heterocycles. The largest absolute Gasteiger partial charge is 0.468 e. The molecule has 4 nitrogen and oxygen atoms in total. The fourth-order valence-corrected chi connectivity index (χ4v) is 2.13. The van der Waals surface area contributed by atoms with Crippen molar-refractivity contribution in [2.75, 3.05) is 33.8 Å². The van der Waals surface area contributed by atoms with Gasteiger partial charge in [0.15, 0.2) is 0 Å². The highest BCUT2D eigenvalue weighted by Gasteiger charge is 2.36. The van der Waals surface area contributed by atoms with E-state index in [0.29, 0.717) is 0 Å². The Morgan fingerprint density at radius 1 is 1.53 bits per heavy atom. The molecule has 1 atom stereocenters. The average molecular weight is 242 g/mol. The van der Waals surface area contributed by atoms with E-state index in [-0.39, 0.29) is 5.97 Å². The molecular formula is C13H26N2O2. The smallest absolute Gasteiger partial charge is 0.327 e. The number of ether oxygens (including phenoxy) is 1. The number of nitrogens with one attached hydrogen (secondary N) is 1. The van der Waals surface area contributed by atoms with Gasteiger partial charge in [-0.25, -0.2) is 0 Å². The van der Waals surface area contributed by atoms with E-state index in [2.05, 4.69) is 17.1 Å². The van der Waals surface area contributed by atoms with E-state index in [4.69, 9.17) is 4.74 Å². The summed E-state index contributed by atoms with van der Waals surface area (Å²) in [5.74, 6) is 0.664. The van der Waals surface area contributed by atoms with Gasteiger partial charge in [-0.15, -0.1) is 0 Å². The molecule has 1 fully saturated rings. The number of hydrogen-bond acceptors (Lipinski definition) is 4. The molecule has 4 heteroatoms. The molecule has 1 N–H and O–H groups in total. The second-order valence-electron chi connectivity index (χ2n) is 5.25. The van der Waals surface area contributed by atoms with Crippen molar-refractivity contribution in [2.24, 2.45) is 5.92 Å². The van der Waals surface area contributed by atoms with Gasteiger partial charge in [0.1, 0.15) is 5.54 Å². The van der Waals surface area contributed by atoms with Crippen LogP contribution >= 0.6 is 0 Å². The molecule has 0 amide bonds. The summed E-state index contributed by atoms with van der Waals surface area (Å²) in [6, 6.07) is 0. The van der Waals surface area contributed by atoms with Crippen molar-refractivity contribution < 1.29 is 9.53 Å². The van der Waals surface area contributed by atoms with E-state index in [0.717, 1.165) is 32.0 Å². The fraction of sp³-hybridized carbons (Fsp3) is 0.923. The summed E-state index contributed by atoms with van der Waals surface area (Å²) >= 11 is 0. The maximum atomic E-state index is 11.8. The van der Waals surface area contributed by atoms with Gasteiger partial charge in [0, 0.05) is 13.1 Å². The summed E-state index contributed by atoms with van der Waals surface area (Å²) in [6.07, 6.45) is 3.80. The van der Waals surface area contributed by atoms with E-state index in [1.807, 2.05) is 14.0 Å². The standard InChI is InChI=1S/C13H26N2O2/c1-5-8-15(9-11-6-7-11)10-13(2,14-3)12(16)17-4/h11,14H,5-10H2,1-4H3. The van der Waals surface area contributed by atoms with Gasteiger partial charge in [0.2, 0.25) is 0 Å². The fourth-order valence-electron chi connectivity index (χ4n) is 2.13. The molecule has 1 unspecified atom stereocenters. The van der Waals surface area contributed by atoms with Crippen molar-refractivity contribution >= 4 is 5.97 Å². The van der Waals surface area contributed by atoms with Gasteiger partial charge in [-0.3, -0.25) is 4.79 Å². The summed E-state index contributed by atoms with van der Waals surface area (Å²) in [5.41, 5.74) is -0.598. The molecule has 1 aliphatic carbocycles. The highest BCUT2D eigenvalue weighted by Crippen LogP contribution is 2.30. The molecule has 0 radical (unpaired) electrons. The van der Waals surface area contributed by atoms with Gasteiger partial charge < -0.3 is 15.0 Å². The minimum absolute atomic E-state index is 0.183. The number of carbonyl (C=O) groups is 1. The SMILES string of the molecule is CCCN(CC1CC1)CC(C)(NC)C(=O)OC. The van der Waals surface area contributed by atoms with Crippen LogP contribution in [0.25, 0.3) is 0 Å². The summed E-state index contributed by atoms with van der Waals surface area (Å²) < 4.78 is 4.88. The molecule has 0 bridgehead atoms. The number of likely N-dealkylation sites (N-methyl/N-ethyl adjacent to an activating group) is 1. The normalized spacial score (nSPS) is 19.1. The minimum Gasteiger partial charge on any atom is -0.468 e. The molecule has 17 heavy (non-hydrogen) atoms. The van der Waals surface area contributed by atoms with Crippen LogP contribution in [0.3, 0.4) is 0 Å². The Labute approximate surface area is 105 Å². The van der Waals surface area contributed by atoms with E-state index < -0.39 is 5.54 Å². The van der Waals surface area contributed by atoms with Crippen LogP contribution in [-0.2, 0) is 9.53 Å². The average Bonchev–Trinajstić information content (AvgIpc) is 3.11. The first-order valence-electron chi connectivity index (χ1n) is 6.55. The van der Waals surface area contributed by atoms with Crippen LogP contribution in [0.1, 0.15) is 33.1 Å². The van der Waals surface area contributed by atoms with Crippen LogP contribution in [0.5, 0.6) is 0 Å². The van der Waals surface area contributed by atoms with Gasteiger partial charge in [0.05, 0.1) is 7.11 Å². The Kier molecular flexibility index (Phi) is 5.40. The Bertz CT molecular complexity index is 254. The van der Waals surface area contributed by atoms with E-state index >= 15 is 0 Å². The summed E-state index contributed by atoms with van der Waals surface area (Å²) in [7, 11) is 3.27. The molecule has 1 aliphatic rings. The third kappa shape index (κ3) is 4.28. The van der Waals surface area contributed by atoms with Crippen LogP contribution in [0.2, 0.25) is 0 Å². The highest BCUT2D eigenvalue weighted by atomic mass is 16.5. The highest BCUT2D eigenvalue weighted by molar-refractivity contribution is 5.80. The first kappa shape index (κ1) is 14.5. The second kappa shape index (κ2) is 6.36. The lowest BCUT2D eigenvalue weighted by Gasteiger charge is -2.33. The number of methoxy groups -OCH3 is 1. The number of carbonyl (C=O) groups excluding carboxylic acids is 1. The topological polar surface area (TPSA) is 41.6 Å². The molecule has 0 aromatic carbocycles. The second-order valence-corrected chi connectivity index (χ2v) is 5.25. The predicted octanol–water partition coefficient (Wildman–Crippen LogP) is 1.26. The first-order chi connectivity index (χ1) is 8.05. The maximum absolute atomic E-state index is 11.8. The van der Waals surface area contributed by atoms with Crippen molar-refractivity contribution in [3.8, 4) is 0 Å². The molecule has 0 saturated heterocycles. The molecular weight excluding hydrogens is 216 g/mol. The van der Waals surface area contributed by atoms with Gasteiger partial charge in [-0.05, 0) is 45.7 Å². The lowest BCUT2D eigenvalue weighted by molar-refractivity contribution is -0.148. The summed E-state index contributed by atoms with van der Waals surface area (Å²) in [5, 5.41) is 3.10. The Balaban J connectivity index is 2.57. The summed E-state index contributed by atoms with van der Waals surface area (Å²) in [6.45, 7) is 6.97. The van der Waals surface area contributed by atoms with Gasteiger partial charge in [-0.1, -0.05) is 6.92 Å². The number of nitrogens with zero attached hydrogens (tertiary/aromatic N) is 1. The van der Waals surface area contributed by atoms with Crippen molar-refractivity contribution in [2.45, 2.75) is 38.6 Å². The Hall–Kier alpha value is -0.610. The molecule has 0 spiro atoms. The molecule has 100 valence electrons. The van der Waals surface area contributed by atoms with Crippen molar-refractivity contribution in [3.63, 3.8) is 0 Å². The van der Waals surface area contributed by atoms with Gasteiger partial charge >= 0.3 is 5.97 Å².